The van der Waals surface area contributed by atoms with Crippen molar-refractivity contribution < 1.29 is 24.2 Å². The van der Waals surface area contributed by atoms with Crippen LogP contribution in [0, 0.1) is 6.92 Å². The average Bonchev–Trinajstić information content (AvgIpc) is 3.02. The molecule has 2 aromatic rings. The van der Waals surface area contributed by atoms with Gasteiger partial charge in [-0.2, -0.15) is 5.10 Å². The number of amides is 1. The molecule has 1 amide bonds. The van der Waals surface area contributed by atoms with Crippen LogP contribution in [0.2, 0.25) is 0 Å². The van der Waals surface area contributed by atoms with Gasteiger partial charge in [0.2, 0.25) is 5.91 Å². The molecule has 1 aliphatic rings. The van der Waals surface area contributed by atoms with Gasteiger partial charge in [0.05, 0.1) is 18.2 Å². The third-order valence-corrected chi connectivity index (χ3v) is 4.94. The molecule has 0 radical (unpaired) electrons. The van der Waals surface area contributed by atoms with Gasteiger partial charge >= 0.3 is 11.9 Å². The molecular formula is C20H17N3O5S. The number of esters is 1. The van der Waals surface area contributed by atoms with Crippen molar-refractivity contribution in [1.82, 2.24) is 5.32 Å². The van der Waals surface area contributed by atoms with Crippen molar-refractivity contribution in [1.29, 1.82) is 0 Å². The quantitative estimate of drug-likeness (QED) is 0.327. The van der Waals surface area contributed by atoms with Gasteiger partial charge < -0.3 is 15.2 Å². The first kappa shape index (κ1) is 20.3. The Labute approximate surface area is 170 Å². The summed E-state index contributed by atoms with van der Waals surface area (Å²) in [6, 6.07) is 13.8. The number of carbonyl (C=O) groups is 3. The summed E-state index contributed by atoms with van der Waals surface area (Å²) in [7, 11) is 0. The Morgan fingerprint density at radius 3 is 2.52 bits per heavy atom. The van der Waals surface area contributed by atoms with Crippen LogP contribution < -0.4 is 10.1 Å². The number of amidine groups is 1. The topological polar surface area (TPSA) is 117 Å². The second-order valence-corrected chi connectivity index (χ2v) is 7.36. The van der Waals surface area contributed by atoms with Crippen LogP contribution in [-0.2, 0) is 9.59 Å². The van der Waals surface area contributed by atoms with Crippen molar-refractivity contribution in [2.75, 3.05) is 0 Å². The van der Waals surface area contributed by atoms with Crippen LogP contribution in [0.5, 0.6) is 5.75 Å². The van der Waals surface area contributed by atoms with Gasteiger partial charge in [-0.3, -0.25) is 9.59 Å². The minimum atomic E-state index is -1.05. The van der Waals surface area contributed by atoms with Gasteiger partial charge in [-0.15, -0.1) is 5.10 Å². The molecule has 1 atom stereocenters. The Morgan fingerprint density at radius 1 is 1.17 bits per heavy atom. The largest absolute Gasteiger partial charge is 0.481 e. The van der Waals surface area contributed by atoms with Gasteiger partial charge in [0.25, 0.3) is 0 Å². The predicted molar refractivity (Wildman–Crippen MR) is 109 cm³/mol. The third kappa shape index (κ3) is 5.76. The summed E-state index contributed by atoms with van der Waals surface area (Å²) in [4.78, 5) is 34.4. The van der Waals surface area contributed by atoms with Gasteiger partial charge in [-0.05, 0) is 48.9 Å². The second-order valence-electron chi connectivity index (χ2n) is 6.17. The molecule has 9 heteroatoms. The molecule has 0 spiro atoms. The van der Waals surface area contributed by atoms with Crippen molar-refractivity contribution in [3.63, 3.8) is 0 Å². The smallest absolute Gasteiger partial charge is 0.343 e. The van der Waals surface area contributed by atoms with E-state index in [0.29, 0.717) is 16.9 Å². The van der Waals surface area contributed by atoms with E-state index in [9.17, 15) is 14.4 Å². The molecular weight excluding hydrogens is 394 g/mol. The average molecular weight is 411 g/mol. The van der Waals surface area contributed by atoms with Crippen LogP contribution in [-0.4, -0.2) is 39.6 Å². The minimum Gasteiger partial charge on any atom is -0.481 e. The van der Waals surface area contributed by atoms with Crippen LogP contribution in [0.15, 0.2) is 58.7 Å². The first-order valence-electron chi connectivity index (χ1n) is 8.60. The first-order chi connectivity index (χ1) is 13.9. The van der Waals surface area contributed by atoms with E-state index in [4.69, 9.17) is 9.84 Å². The van der Waals surface area contributed by atoms with Crippen LogP contribution in [0.25, 0.3) is 0 Å². The second kappa shape index (κ2) is 9.16. The van der Waals surface area contributed by atoms with Crippen molar-refractivity contribution in [2.24, 2.45) is 10.2 Å². The van der Waals surface area contributed by atoms with Crippen LogP contribution in [0.1, 0.15) is 27.9 Å². The number of ether oxygens (including phenoxy) is 1. The zero-order chi connectivity index (χ0) is 20.8. The number of hydrogen-bond acceptors (Lipinski definition) is 7. The highest BCUT2D eigenvalue weighted by molar-refractivity contribution is 8.15. The lowest BCUT2D eigenvalue weighted by Crippen LogP contribution is -2.26. The fraction of sp³-hybridized carbons (Fsp3) is 0.150. The Bertz CT molecular complexity index is 984. The van der Waals surface area contributed by atoms with Crippen LogP contribution in [0.3, 0.4) is 0 Å². The Morgan fingerprint density at radius 2 is 1.86 bits per heavy atom. The summed E-state index contributed by atoms with van der Waals surface area (Å²) < 4.78 is 5.33. The maximum Gasteiger partial charge on any atom is 0.343 e. The number of thioether (sulfide) groups is 1. The molecule has 1 heterocycles. The van der Waals surface area contributed by atoms with E-state index in [0.717, 1.165) is 17.3 Å². The highest BCUT2D eigenvalue weighted by atomic mass is 32.2. The zero-order valence-corrected chi connectivity index (χ0v) is 16.2. The normalized spacial score (nSPS) is 17.5. The summed E-state index contributed by atoms with van der Waals surface area (Å²) in [5, 5.41) is 18.6. The predicted octanol–water partition coefficient (Wildman–Crippen LogP) is 2.61. The number of rotatable bonds is 6. The lowest BCUT2D eigenvalue weighted by molar-refractivity contribution is -0.138. The summed E-state index contributed by atoms with van der Waals surface area (Å²) in [6.07, 6.45) is 1.19. The van der Waals surface area contributed by atoms with E-state index in [2.05, 4.69) is 15.5 Å². The van der Waals surface area contributed by atoms with E-state index in [1.54, 1.807) is 36.4 Å². The molecule has 1 saturated heterocycles. The first-order valence-corrected chi connectivity index (χ1v) is 9.48. The van der Waals surface area contributed by atoms with Crippen molar-refractivity contribution in [3.8, 4) is 5.75 Å². The van der Waals surface area contributed by atoms with Gasteiger partial charge in [0, 0.05) is 0 Å². The number of aliphatic carboxylic acids is 1. The van der Waals surface area contributed by atoms with Crippen LogP contribution >= 0.6 is 11.8 Å². The van der Waals surface area contributed by atoms with Crippen molar-refractivity contribution >= 4 is 41.0 Å². The molecule has 2 aromatic carbocycles. The molecule has 1 fully saturated rings. The number of nitrogens with zero attached hydrogens (tertiary/aromatic N) is 2. The molecule has 8 nitrogen and oxygen atoms in total. The summed E-state index contributed by atoms with van der Waals surface area (Å²) >= 11 is 1.03. The number of nitrogens with one attached hydrogen (secondary N) is 1. The van der Waals surface area contributed by atoms with Gasteiger partial charge in [-0.1, -0.05) is 29.5 Å². The summed E-state index contributed by atoms with van der Waals surface area (Å²) in [5.74, 6) is -1.49. The van der Waals surface area contributed by atoms with Crippen LogP contribution in [0.4, 0.5) is 0 Å². The van der Waals surface area contributed by atoms with E-state index >= 15 is 0 Å². The number of benzene rings is 2. The van der Waals surface area contributed by atoms with E-state index in [1.807, 2.05) is 19.1 Å². The molecule has 0 saturated carbocycles. The van der Waals surface area contributed by atoms with E-state index in [-0.39, 0.29) is 11.6 Å². The third-order valence-electron chi connectivity index (χ3n) is 3.87. The zero-order valence-electron chi connectivity index (χ0n) is 15.4. The number of carboxylic acids is 1. The molecule has 2 N–H and O–H groups in total. The van der Waals surface area contributed by atoms with Crippen molar-refractivity contribution in [3.05, 3.63) is 65.2 Å². The molecule has 1 unspecified atom stereocenters. The summed E-state index contributed by atoms with van der Waals surface area (Å²) in [5.41, 5.74) is 2.23. The van der Waals surface area contributed by atoms with E-state index in [1.165, 1.54) is 6.21 Å². The molecule has 0 aliphatic carbocycles. The standard InChI is InChI=1S/C20H17N3O5S/c1-12-2-6-14(7-3-12)19(27)28-15-8-4-13(5-9-15)11-21-23-20-22-18(26)16(29-20)10-17(24)25/h2-9,11,16H,10H2,1H3,(H,24,25)(H,22,23,26)/b21-11+. The molecule has 148 valence electrons. The van der Waals surface area contributed by atoms with Crippen molar-refractivity contribution in [2.45, 2.75) is 18.6 Å². The molecule has 3 rings (SSSR count). The highest BCUT2D eigenvalue weighted by Gasteiger charge is 2.32. The fourth-order valence-corrected chi connectivity index (χ4v) is 3.29. The number of carboxylic acid groups (broad SMARTS) is 1. The maximum absolute atomic E-state index is 12.1. The maximum atomic E-state index is 12.1. The van der Waals surface area contributed by atoms with Gasteiger partial charge in [-0.25, -0.2) is 4.79 Å². The number of aryl methyl sites for hydroxylation is 1. The molecule has 1 aliphatic heterocycles. The number of hydrogen-bond donors (Lipinski definition) is 2. The Balaban J connectivity index is 1.56. The lowest BCUT2D eigenvalue weighted by atomic mass is 10.1. The summed E-state index contributed by atoms with van der Waals surface area (Å²) in [6.45, 7) is 1.94. The van der Waals surface area contributed by atoms with E-state index < -0.39 is 23.1 Å². The SMILES string of the molecule is Cc1ccc(C(=O)Oc2ccc(/C=N/N=C3\NC(=O)C(CC(=O)O)S3)cc2)cc1. The minimum absolute atomic E-state index is 0.251. The Hall–Kier alpha value is -3.46. The highest BCUT2D eigenvalue weighted by Crippen LogP contribution is 2.22. The Kier molecular flexibility index (Phi) is 6.40. The number of carbonyl (C=O) groups excluding carboxylic acids is 2. The van der Waals surface area contributed by atoms with Gasteiger partial charge in [0.1, 0.15) is 11.0 Å². The molecule has 0 bridgehead atoms. The monoisotopic (exact) mass is 411 g/mol. The fourth-order valence-electron chi connectivity index (χ4n) is 2.37. The van der Waals surface area contributed by atoms with Gasteiger partial charge in [0.15, 0.2) is 5.17 Å². The molecule has 29 heavy (non-hydrogen) atoms. The lowest BCUT2D eigenvalue weighted by Gasteiger charge is -2.04. The molecule has 0 aromatic heterocycles.